The molecule has 2 aromatic rings. The van der Waals surface area contributed by atoms with Gasteiger partial charge in [0.15, 0.2) is 0 Å². The summed E-state index contributed by atoms with van der Waals surface area (Å²) in [5, 5.41) is 10.2. The first-order valence-electron chi connectivity index (χ1n) is 4.87. The number of carboxylic acid groups (broad SMARTS) is 1. The van der Waals surface area contributed by atoms with Crippen molar-refractivity contribution < 1.29 is 23.1 Å². The highest BCUT2D eigenvalue weighted by Crippen LogP contribution is 2.32. The Balaban J connectivity index is 2.31. The SMILES string of the molecule is O=C(O)c1csc(-c2ccc(C(F)(F)F)cc2)c1. The molecule has 6 heteroatoms. The molecule has 0 fully saturated rings. The van der Waals surface area contributed by atoms with Crippen LogP contribution < -0.4 is 0 Å². The van der Waals surface area contributed by atoms with Gasteiger partial charge in [-0.25, -0.2) is 4.79 Å². The first-order chi connectivity index (χ1) is 8.38. The quantitative estimate of drug-likeness (QED) is 0.892. The first-order valence-corrected chi connectivity index (χ1v) is 5.75. The average molecular weight is 272 g/mol. The van der Waals surface area contributed by atoms with E-state index in [2.05, 4.69) is 0 Å². The molecule has 1 heterocycles. The summed E-state index contributed by atoms with van der Waals surface area (Å²) in [6.07, 6.45) is -4.36. The largest absolute Gasteiger partial charge is 0.478 e. The van der Waals surface area contributed by atoms with Gasteiger partial charge in [-0.05, 0) is 23.8 Å². The third kappa shape index (κ3) is 2.53. The molecule has 0 aliphatic rings. The summed E-state index contributed by atoms with van der Waals surface area (Å²) in [4.78, 5) is 11.3. The zero-order valence-corrected chi connectivity index (χ0v) is 9.68. The smallest absolute Gasteiger partial charge is 0.416 e. The Hall–Kier alpha value is -1.82. The van der Waals surface area contributed by atoms with Crippen LogP contribution in [0.1, 0.15) is 15.9 Å². The Morgan fingerprint density at radius 1 is 1.17 bits per heavy atom. The minimum Gasteiger partial charge on any atom is -0.478 e. The van der Waals surface area contributed by atoms with Crippen LogP contribution in [0.25, 0.3) is 10.4 Å². The van der Waals surface area contributed by atoms with E-state index in [9.17, 15) is 18.0 Å². The number of hydrogen-bond acceptors (Lipinski definition) is 2. The predicted molar refractivity (Wildman–Crippen MR) is 61.7 cm³/mol. The molecule has 2 nitrogen and oxygen atoms in total. The van der Waals surface area contributed by atoms with E-state index >= 15 is 0 Å². The second kappa shape index (κ2) is 4.45. The molecule has 0 aliphatic carbocycles. The number of aromatic carboxylic acids is 1. The summed E-state index contributed by atoms with van der Waals surface area (Å²) in [5.41, 5.74) is -0.0170. The number of alkyl halides is 3. The third-order valence-electron chi connectivity index (χ3n) is 2.34. The molecule has 1 aromatic heterocycles. The number of thiophene rings is 1. The molecule has 0 saturated heterocycles. The van der Waals surface area contributed by atoms with E-state index in [1.54, 1.807) is 0 Å². The van der Waals surface area contributed by atoms with Crippen LogP contribution in [0.15, 0.2) is 35.7 Å². The van der Waals surface area contributed by atoms with E-state index in [4.69, 9.17) is 5.11 Å². The van der Waals surface area contributed by atoms with Crippen LogP contribution in [0, 0.1) is 0 Å². The van der Waals surface area contributed by atoms with Gasteiger partial charge in [-0.3, -0.25) is 0 Å². The molecule has 1 aromatic carbocycles. The molecule has 0 saturated carbocycles. The van der Waals surface area contributed by atoms with E-state index < -0.39 is 17.7 Å². The summed E-state index contributed by atoms with van der Waals surface area (Å²) < 4.78 is 37.1. The normalized spacial score (nSPS) is 11.5. The van der Waals surface area contributed by atoms with Crippen LogP contribution in [0.4, 0.5) is 13.2 Å². The molecule has 0 unspecified atom stereocenters. The summed E-state index contributed by atoms with van der Waals surface area (Å²) in [5.74, 6) is -1.05. The summed E-state index contributed by atoms with van der Waals surface area (Å²) >= 11 is 1.18. The first kappa shape index (κ1) is 12.6. The van der Waals surface area contributed by atoms with Crippen molar-refractivity contribution in [2.75, 3.05) is 0 Å². The summed E-state index contributed by atoms with van der Waals surface area (Å²) in [6, 6.07) is 6.07. The fourth-order valence-electron chi connectivity index (χ4n) is 1.42. The van der Waals surface area contributed by atoms with Gasteiger partial charge in [0, 0.05) is 10.3 Å². The molecule has 2 rings (SSSR count). The number of carboxylic acids is 1. The van der Waals surface area contributed by atoms with Crippen molar-refractivity contribution in [2.45, 2.75) is 6.18 Å². The zero-order chi connectivity index (χ0) is 13.3. The standard InChI is InChI=1S/C12H7F3O2S/c13-12(14,15)9-3-1-7(2-4-9)10-5-8(6-18-10)11(16)17/h1-6H,(H,16,17). The monoisotopic (exact) mass is 272 g/mol. The Morgan fingerprint density at radius 2 is 1.78 bits per heavy atom. The lowest BCUT2D eigenvalue weighted by atomic mass is 10.1. The van der Waals surface area contributed by atoms with Gasteiger partial charge < -0.3 is 5.11 Å². The fraction of sp³-hybridized carbons (Fsp3) is 0.0833. The molecular weight excluding hydrogens is 265 g/mol. The number of rotatable bonds is 2. The third-order valence-corrected chi connectivity index (χ3v) is 3.32. The van der Waals surface area contributed by atoms with Gasteiger partial charge >= 0.3 is 12.1 Å². The van der Waals surface area contributed by atoms with Gasteiger partial charge in [0.05, 0.1) is 11.1 Å². The minimum atomic E-state index is -4.36. The molecule has 18 heavy (non-hydrogen) atoms. The van der Waals surface area contributed by atoms with Gasteiger partial charge in [0.1, 0.15) is 0 Å². The van der Waals surface area contributed by atoms with E-state index in [1.165, 1.54) is 34.9 Å². The lowest BCUT2D eigenvalue weighted by molar-refractivity contribution is -0.137. The van der Waals surface area contributed by atoms with Crippen molar-refractivity contribution in [1.29, 1.82) is 0 Å². The fourth-order valence-corrected chi connectivity index (χ4v) is 2.31. The van der Waals surface area contributed by atoms with Crippen molar-refractivity contribution in [2.24, 2.45) is 0 Å². The van der Waals surface area contributed by atoms with Crippen LogP contribution in [0.2, 0.25) is 0 Å². The molecule has 1 N–H and O–H groups in total. The van der Waals surface area contributed by atoms with Gasteiger partial charge in [0.2, 0.25) is 0 Å². The topological polar surface area (TPSA) is 37.3 Å². The van der Waals surface area contributed by atoms with Crippen LogP contribution >= 0.6 is 11.3 Å². The maximum Gasteiger partial charge on any atom is 0.416 e. The Labute approximate surface area is 104 Å². The van der Waals surface area contributed by atoms with E-state index in [-0.39, 0.29) is 5.56 Å². The molecule has 0 amide bonds. The molecule has 0 spiro atoms. The van der Waals surface area contributed by atoms with Gasteiger partial charge in [0.25, 0.3) is 0 Å². The van der Waals surface area contributed by atoms with Gasteiger partial charge in [-0.2, -0.15) is 13.2 Å². The van der Waals surface area contributed by atoms with Crippen molar-refractivity contribution in [3.8, 4) is 10.4 Å². The molecule has 0 atom stereocenters. The second-order valence-corrected chi connectivity index (χ2v) is 4.49. The maximum atomic E-state index is 12.4. The highest BCUT2D eigenvalue weighted by atomic mass is 32.1. The minimum absolute atomic E-state index is 0.134. The number of carbonyl (C=O) groups is 1. The van der Waals surface area contributed by atoms with Gasteiger partial charge in [-0.1, -0.05) is 12.1 Å². The van der Waals surface area contributed by atoms with E-state index in [0.29, 0.717) is 10.4 Å². The molecule has 94 valence electrons. The van der Waals surface area contributed by atoms with Crippen LogP contribution in [0.3, 0.4) is 0 Å². The van der Waals surface area contributed by atoms with Crippen molar-refractivity contribution in [3.63, 3.8) is 0 Å². The average Bonchev–Trinajstić information content (AvgIpc) is 2.77. The number of halogens is 3. The zero-order valence-electron chi connectivity index (χ0n) is 8.86. The lowest BCUT2D eigenvalue weighted by Crippen LogP contribution is -2.03. The van der Waals surface area contributed by atoms with Crippen LogP contribution in [-0.4, -0.2) is 11.1 Å². The summed E-state index contributed by atoms with van der Waals surface area (Å²) in [7, 11) is 0. The Kier molecular flexibility index (Phi) is 3.13. The van der Waals surface area contributed by atoms with Crippen LogP contribution in [-0.2, 0) is 6.18 Å². The Morgan fingerprint density at radius 3 is 2.22 bits per heavy atom. The van der Waals surface area contributed by atoms with Crippen molar-refractivity contribution in [3.05, 3.63) is 46.8 Å². The number of hydrogen-bond donors (Lipinski definition) is 1. The molecular formula is C12H7F3O2S. The lowest BCUT2D eigenvalue weighted by Gasteiger charge is -2.06. The van der Waals surface area contributed by atoms with Crippen molar-refractivity contribution >= 4 is 17.3 Å². The second-order valence-electron chi connectivity index (χ2n) is 3.58. The van der Waals surface area contributed by atoms with E-state index in [0.717, 1.165) is 12.1 Å². The summed E-state index contributed by atoms with van der Waals surface area (Å²) in [6.45, 7) is 0. The van der Waals surface area contributed by atoms with Crippen LogP contribution in [0.5, 0.6) is 0 Å². The van der Waals surface area contributed by atoms with Gasteiger partial charge in [-0.15, -0.1) is 11.3 Å². The van der Waals surface area contributed by atoms with E-state index in [1.807, 2.05) is 0 Å². The molecule has 0 radical (unpaired) electrons. The predicted octanol–water partition coefficient (Wildman–Crippen LogP) is 4.13. The molecule has 0 aliphatic heterocycles. The highest BCUT2D eigenvalue weighted by molar-refractivity contribution is 7.13. The van der Waals surface area contributed by atoms with Crippen molar-refractivity contribution in [1.82, 2.24) is 0 Å². The Bertz CT molecular complexity index is 570. The molecule has 0 bridgehead atoms. The highest BCUT2D eigenvalue weighted by Gasteiger charge is 2.30. The maximum absolute atomic E-state index is 12.4. The number of benzene rings is 1.